The zero-order valence-electron chi connectivity index (χ0n) is 6.13. The highest BCUT2D eigenvalue weighted by molar-refractivity contribution is 5.73. The van der Waals surface area contributed by atoms with Gasteiger partial charge in [0.1, 0.15) is 5.65 Å². The lowest BCUT2D eigenvalue weighted by Gasteiger charge is -1.97. The maximum Gasteiger partial charge on any atom is 0.157 e. The number of aromatic nitrogens is 3. The molecule has 0 saturated heterocycles. The van der Waals surface area contributed by atoms with Gasteiger partial charge in [0.05, 0.1) is 11.7 Å². The van der Waals surface area contributed by atoms with Crippen molar-refractivity contribution in [2.75, 3.05) is 0 Å². The van der Waals surface area contributed by atoms with Gasteiger partial charge in [-0.3, -0.25) is 5.41 Å². The molecule has 2 aromatic heterocycles. The van der Waals surface area contributed by atoms with Gasteiger partial charge in [0.25, 0.3) is 0 Å². The average molecular weight is 148 g/mol. The molecule has 2 rings (SSSR count). The SMILES string of the molecule is Cn1cnc(=N)c2cc[nH]c21. The largest absolute Gasteiger partial charge is 0.347 e. The van der Waals surface area contributed by atoms with E-state index in [1.54, 1.807) is 6.33 Å². The van der Waals surface area contributed by atoms with Crippen LogP contribution in [0.3, 0.4) is 0 Å². The topological polar surface area (TPSA) is 57.5 Å². The molecule has 0 aliphatic carbocycles. The minimum atomic E-state index is 0.319. The Kier molecular flexibility index (Phi) is 1.09. The van der Waals surface area contributed by atoms with Crippen molar-refractivity contribution in [3.63, 3.8) is 0 Å². The summed E-state index contributed by atoms with van der Waals surface area (Å²) in [6, 6.07) is 1.85. The second kappa shape index (κ2) is 1.95. The summed E-state index contributed by atoms with van der Waals surface area (Å²) < 4.78 is 1.85. The molecule has 4 heteroatoms. The number of nitrogens with zero attached hydrogens (tertiary/aromatic N) is 2. The number of hydrogen-bond acceptors (Lipinski definition) is 2. The van der Waals surface area contributed by atoms with Crippen LogP contribution in [0.4, 0.5) is 0 Å². The van der Waals surface area contributed by atoms with Gasteiger partial charge in [0.2, 0.25) is 0 Å². The third-order valence-electron chi connectivity index (χ3n) is 1.69. The number of H-pyrrole nitrogens is 1. The first-order chi connectivity index (χ1) is 5.29. The fourth-order valence-electron chi connectivity index (χ4n) is 1.12. The van der Waals surface area contributed by atoms with E-state index in [1.807, 2.05) is 23.9 Å². The van der Waals surface area contributed by atoms with Gasteiger partial charge in [-0.2, -0.15) is 0 Å². The van der Waals surface area contributed by atoms with E-state index in [0.717, 1.165) is 11.0 Å². The van der Waals surface area contributed by atoms with Crippen molar-refractivity contribution in [3.05, 3.63) is 24.1 Å². The summed E-state index contributed by atoms with van der Waals surface area (Å²) >= 11 is 0. The highest BCUT2D eigenvalue weighted by Crippen LogP contribution is 2.02. The van der Waals surface area contributed by atoms with Crippen molar-refractivity contribution >= 4 is 11.0 Å². The van der Waals surface area contributed by atoms with Crippen molar-refractivity contribution in [1.82, 2.24) is 14.5 Å². The third-order valence-corrected chi connectivity index (χ3v) is 1.69. The first-order valence-corrected chi connectivity index (χ1v) is 3.32. The second-order valence-corrected chi connectivity index (χ2v) is 2.44. The van der Waals surface area contributed by atoms with Crippen molar-refractivity contribution < 1.29 is 0 Å². The average Bonchev–Trinajstić information content (AvgIpc) is 2.45. The van der Waals surface area contributed by atoms with E-state index in [4.69, 9.17) is 5.41 Å². The first-order valence-electron chi connectivity index (χ1n) is 3.32. The standard InChI is InChI=1S/C7H8N4/c1-11-4-10-6(8)5-2-3-9-7(5)11/h2-4,8-9H,1H3. The van der Waals surface area contributed by atoms with Crippen molar-refractivity contribution in [1.29, 1.82) is 5.41 Å². The van der Waals surface area contributed by atoms with Crippen LogP contribution >= 0.6 is 0 Å². The summed E-state index contributed by atoms with van der Waals surface area (Å²) in [6.45, 7) is 0. The molecule has 2 heterocycles. The van der Waals surface area contributed by atoms with E-state index in [2.05, 4.69) is 9.97 Å². The molecule has 0 atom stereocenters. The van der Waals surface area contributed by atoms with E-state index in [0.29, 0.717) is 5.49 Å². The maximum absolute atomic E-state index is 7.43. The third kappa shape index (κ3) is 0.756. The van der Waals surface area contributed by atoms with Gasteiger partial charge >= 0.3 is 0 Å². The monoisotopic (exact) mass is 148 g/mol. The van der Waals surface area contributed by atoms with Gasteiger partial charge in [-0.1, -0.05) is 0 Å². The predicted octanol–water partition coefficient (Wildman–Crippen LogP) is 0.381. The highest BCUT2D eigenvalue weighted by atomic mass is 15.0. The number of rotatable bonds is 0. The lowest BCUT2D eigenvalue weighted by atomic mass is 10.4. The quantitative estimate of drug-likeness (QED) is 0.557. The molecule has 11 heavy (non-hydrogen) atoms. The Morgan fingerprint density at radius 3 is 3.18 bits per heavy atom. The zero-order chi connectivity index (χ0) is 7.84. The first kappa shape index (κ1) is 6.15. The van der Waals surface area contributed by atoms with E-state index < -0.39 is 0 Å². The Bertz CT molecular complexity index is 437. The molecular formula is C7H8N4. The van der Waals surface area contributed by atoms with Gasteiger partial charge in [-0.05, 0) is 6.07 Å². The van der Waals surface area contributed by atoms with Crippen molar-refractivity contribution in [2.45, 2.75) is 0 Å². The van der Waals surface area contributed by atoms with E-state index in [-0.39, 0.29) is 0 Å². The van der Waals surface area contributed by atoms with Crippen molar-refractivity contribution in [2.24, 2.45) is 7.05 Å². The highest BCUT2D eigenvalue weighted by Gasteiger charge is 1.97. The van der Waals surface area contributed by atoms with Gasteiger partial charge in [-0.15, -0.1) is 0 Å². The van der Waals surface area contributed by atoms with E-state index in [1.165, 1.54) is 0 Å². The fourth-order valence-corrected chi connectivity index (χ4v) is 1.12. The van der Waals surface area contributed by atoms with E-state index in [9.17, 15) is 0 Å². The number of nitrogens with one attached hydrogen (secondary N) is 2. The maximum atomic E-state index is 7.43. The van der Waals surface area contributed by atoms with Gasteiger partial charge in [0.15, 0.2) is 5.49 Å². The van der Waals surface area contributed by atoms with Crippen LogP contribution in [-0.4, -0.2) is 14.5 Å². The summed E-state index contributed by atoms with van der Waals surface area (Å²) in [5, 5.41) is 8.29. The molecule has 0 bridgehead atoms. The molecule has 0 unspecified atom stereocenters. The summed E-state index contributed by atoms with van der Waals surface area (Å²) in [6.07, 6.45) is 3.44. The minimum Gasteiger partial charge on any atom is -0.347 e. The number of fused-ring (bicyclic) bond motifs is 1. The molecule has 0 aliphatic rings. The molecule has 0 aliphatic heterocycles. The summed E-state index contributed by atoms with van der Waals surface area (Å²) in [4.78, 5) is 6.92. The predicted molar refractivity (Wildman–Crippen MR) is 40.9 cm³/mol. The van der Waals surface area contributed by atoms with Crippen LogP contribution in [0.15, 0.2) is 18.6 Å². The van der Waals surface area contributed by atoms with Crippen LogP contribution in [0.5, 0.6) is 0 Å². The zero-order valence-corrected chi connectivity index (χ0v) is 6.13. The van der Waals surface area contributed by atoms with Crippen LogP contribution in [0.25, 0.3) is 11.0 Å². The Morgan fingerprint density at radius 1 is 1.64 bits per heavy atom. The number of hydrogen-bond donors (Lipinski definition) is 2. The molecule has 56 valence electrons. The smallest absolute Gasteiger partial charge is 0.157 e. The molecule has 0 spiro atoms. The van der Waals surface area contributed by atoms with Crippen LogP contribution in [0.1, 0.15) is 0 Å². The van der Waals surface area contributed by atoms with Crippen LogP contribution in [0, 0.1) is 5.41 Å². The van der Waals surface area contributed by atoms with E-state index >= 15 is 0 Å². The van der Waals surface area contributed by atoms with Crippen LogP contribution < -0.4 is 5.49 Å². The second-order valence-electron chi connectivity index (χ2n) is 2.44. The Morgan fingerprint density at radius 2 is 2.45 bits per heavy atom. The van der Waals surface area contributed by atoms with Crippen molar-refractivity contribution in [3.8, 4) is 0 Å². The molecule has 2 aromatic rings. The fraction of sp³-hybridized carbons (Fsp3) is 0.143. The van der Waals surface area contributed by atoms with Gasteiger partial charge in [-0.25, -0.2) is 4.98 Å². The molecule has 0 radical (unpaired) electrons. The molecular weight excluding hydrogens is 140 g/mol. The Hall–Kier alpha value is -1.58. The Balaban J connectivity index is 3.08. The molecule has 2 N–H and O–H groups in total. The van der Waals surface area contributed by atoms with Gasteiger partial charge < -0.3 is 9.55 Å². The minimum absolute atomic E-state index is 0.319. The lowest BCUT2D eigenvalue weighted by molar-refractivity contribution is 0.877. The molecule has 0 fully saturated rings. The lowest BCUT2D eigenvalue weighted by Crippen LogP contribution is -2.09. The summed E-state index contributed by atoms with van der Waals surface area (Å²) in [5.74, 6) is 0. The Labute approximate surface area is 63.0 Å². The normalized spacial score (nSPS) is 10.6. The number of aromatic amines is 1. The number of aryl methyl sites for hydroxylation is 1. The van der Waals surface area contributed by atoms with Crippen LogP contribution in [-0.2, 0) is 7.05 Å². The summed E-state index contributed by atoms with van der Waals surface area (Å²) in [7, 11) is 1.89. The van der Waals surface area contributed by atoms with Crippen LogP contribution in [0.2, 0.25) is 0 Å². The summed E-state index contributed by atoms with van der Waals surface area (Å²) in [5.41, 5.74) is 1.25. The molecule has 0 saturated carbocycles. The molecule has 0 aromatic carbocycles. The van der Waals surface area contributed by atoms with Gasteiger partial charge in [0, 0.05) is 13.2 Å². The molecule has 4 nitrogen and oxygen atoms in total. The molecule has 0 amide bonds.